The van der Waals surface area contributed by atoms with Crippen LogP contribution in [0.3, 0.4) is 0 Å². The third-order valence-corrected chi connectivity index (χ3v) is 8.56. The second-order valence-electron chi connectivity index (χ2n) is 8.84. The number of hydrogen-bond acceptors (Lipinski definition) is 7. The first-order chi connectivity index (χ1) is 19.2. The number of aromatic nitrogens is 1. The van der Waals surface area contributed by atoms with Crippen molar-refractivity contribution >= 4 is 60.9 Å². The molecule has 0 aliphatic carbocycles. The maximum absolute atomic E-state index is 14.0. The normalized spacial score (nSPS) is 14.9. The van der Waals surface area contributed by atoms with Gasteiger partial charge in [0.15, 0.2) is 4.80 Å². The smallest absolute Gasteiger partial charge is 0.271 e. The van der Waals surface area contributed by atoms with Gasteiger partial charge in [-0.05, 0) is 86.8 Å². The summed E-state index contributed by atoms with van der Waals surface area (Å²) in [6.45, 7) is 1.76. The zero-order valence-electron chi connectivity index (χ0n) is 21.6. The number of amides is 1. The Kier molecular flexibility index (Phi) is 7.97. The molecular weight excluding hydrogens is 662 g/mol. The number of fused-ring (bicyclic) bond motifs is 1. The monoisotopic (exact) mass is 683 g/mol. The second kappa shape index (κ2) is 11.4. The SMILES string of the molecule is COc1ccc([C@H]2C(C(=O)Nc3ccccc3)=C(C)N=c3s/c(=C\c4cc(Br)c(O)c(Br)c4)c(=O)n32)c(OC)c1. The summed E-state index contributed by atoms with van der Waals surface area (Å²) in [5.41, 5.74) is 2.41. The lowest BCUT2D eigenvalue weighted by Crippen LogP contribution is -2.40. The number of nitrogens with one attached hydrogen (secondary N) is 1. The van der Waals surface area contributed by atoms with Crippen molar-refractivity contribution in [1.29, 1.82) is 0 Å². The Hall–Kier alpha value is -3.67. The minimum Gasteiger partial charge on any atom is -0.506 e. The molecule has 8 nitrogen and oxygen atoms in total. The first kappa shape index (κ1) is 27.9. The van der Waals surface area contributed by atoms with E-state index in [4.69, 9.17) is 9.47 Å². The van der Waals surface area contributed by atoms with Crippen LogP contribution in [-0.2, 0) is 4.79 Å². The van der Waals surface area contributed by atoms with Crippen molar-refractivity contribution in [3.8, 4) is 17.2 Å². The van der Waals surface area contributed by atoms with Crippen molar-refractivity contribution in [1.82, 2.24) is 4.57 Å². The number of hydrogen-bond donors (Lipinski definition) is 2. The molecule has 0 unspecified atom stereocenters. The van der Waals surface area contributed by atoms with Crippen LogP contribution in [0.2, 0.25) is 0 Å². The van der Waals surface area contributed by atoms with E-state index in [1.54, 1.807) is 62.6 Å². The van der Waals surface area contributed by atoms with E-state index in [0.29, 0.717) is 57.9 Å². The zero-order valence-corrected chi connectivity index (χ0v) is 25.6. The van der Waals surface area contributed by atoms with E-state index >= 15 is 0 Å². The van der Waals surface area contributed by atoms with Gasteiger partial charge in [-0.15, -0.1) is 0 Å². The number of para-hydroxylation sites is 1. The van der Waals surface area contributed by atoms with Crippen LogP contribution >= 0.6 is 43.2 Å². The van der Waals surface area contributed by atoms with E-state index in [-0.39, 0.29) is 17.2 Å². The maximum Gasteiger partial charge on any atom is 0.271 e. The molecule has 0 radical (unpaired) electrons. The Morgan fingerprint density at radius 1 is 1.07 bits per heavy atom. The number of benzene rings is 3. The highest BCUT2D eigenvalue weighted by atomic mass is 79.9. The number of methoxy groups -OCH3 is 2. The molecule has 0 bridgehead atoms. The van der Waals surface area contributed by atoms with Gasteiger partial charge < -0.3 is 19.9 Å². The molecule has 1 atom stereocenters. The Labute approximate surface area is 250 Å². The van der Waals surface area contributed by atoms with E-state index in [1.165, 1.54) is 23.0 Å². The van der Waals surface area contributed by atoms with Crippen LogP contribution in [0.1, 0.15) is 24.1 Å². The van der Waals surface area contributed by atoms with Crippen LogP contribution in [0, 0.1) is 0 Å². The average molecular weight is 685 g/mol. The van der Waals surface area contributed by atoms with Crippen LogP contribution in [0.25, 0.3) is 6.08 Å². The summed E-state index contributed by atoms with van der Waals surface area (Å²) in [6, 6.07) is 17.0. The number of allylic oxidation sites excluding steroid dienone is 1. The summed E-state index contributed by atoms with van der Waals surface area (Å²) >= 11 is 7.89. The van der Waals surface area contributed by atoms with E-state index in [1.807, 2.05) is 18.2 Å². The number of aromatic hydroxyl groups is 1. The van der Waals surface area contributed by atoms with Crippen LogP contribution in [0.15, 0.2) is 90.7 Å². The maximum atomic E-state index is 14.0. The Morgan fingerprint density at radius 2 is 1.77 bits per heavy atom. The number of nitrogens with zero attached hydrogens (tertiary/aromatic N) is 2. The topological polar surface area (TPSA) is 102 Å². The molecule has 0 saturated carbocycles. The first-order valence-corrected chi connectivity index (χ1v) is 14.4. The van der Waals surface area contributed by atoms with Gasteiger partial charge in [0.25, 0.3) is 11.5 Å². The summed E-state index contributed by atoms with van der Waals surface area (Å²) in [7, 11) is 3.09. The van der Waals surface area contributed by atoms with Gasteiger partial charge in [-0.25, -0.2) is 4.99 Å². The van der Waals surface area contributed by atoms with Crippen molar-refractivity contribution in [3.63, 3.8) is 0 Å². The van der Waals surface area contributed by atoms with E-state index in [2.05, 4.69) is 42.2 Å². The minimum atomic E-state index is -0.818. The summed E-state index contributed by atoms with van der Waals surface area (Å²) in [5, 5.41) is 13.0. The second-order valence-corrected chi connectivity index (χ2v) is 11.6. The lowest BCUT2D eigenvalue weighted by molar-refractivity contribution is -0.113. The summed E-state index contributed by atoms with van der Waals surface area (Å²) in [5.74, 6) is 0.725. The van der Waals surface area contributed by atoms with E-state index < -0.39 is 6.04 Å². The molecule has 204 valence electrons. The first-order valence-electron chi connectivity index (χ1n) is 12.0. The molecule has 1 aliphatic rings. The lowest BCUT2D eigenvalue weighted by Gasteiger charge is -2.26. The van der Waals surface area contributed by atoms with Gasteiger partial charge in [0.1, 0.15) is 23.3 Å². The molecule has 4 aromatic rings. The average Bonchev–Trinajstić information content (AvgIpc) is 3.24. The molecule has 1 aromatic heterocycles. The van der Waals surface area contributed by atoms with Crippen molar-refractivity contribution < 1.29 is 19.4 Å². The van der Waals surface area contributed by atoms with E-state index in [9.17, 15) is 14.7 Å². The highest BCUT2D eigenvalue weighted by molar-refractivity contribution is 9.11. The number of ether oxygens (including phenoxy) is 2. The number of halogens is 2. The predicted octanol–water partition coefficient (Wildman–Crippen LogP) is 5.12. The van der Waals surface area contributed by atoms with E-state index in [0.717, 1.165) is 0 Å². The van der Waals surface area contributed by atoms with Crippen molar-refractivity contribution in [2.75, 3.05) is 19.5 Å². The van der Waals surface area contributed by atoms with Crippen LogP contribution in [-0.4, -0.2) is 29.8 Å². The number of carbonyl (C=O) groups excluding carboxylic acids is 1. The lowest BCUT2D eigenvalue weighted by atomic mass is 9.94. The number of phenols is 1. The molecule has 5 rings (SSSR count). The molecule has 1 amide bonds. The van der Waals surface area contributed by atoms with Crippen molar-refractivity contribution in [3.05, 3.63) is 112 Å². The number of anilines is 1. The van der Waals surface area contributed by atoms with Crippen LogP contribution in [0.4, 0.5) is 5.69 Å². The summed E-state index contributed by atoms with van der Waals surface area (Å²) in [4.78, 5) is 32.9. The molecule has 2 N–H and O–H groups in total. The van der Waals surface area contributed by atoms with Crippen LogP contribution in [0.5, 0.6) is 17.2 Å². The van der Waals surface area contributed by atoms with Gasteiger partial charge in [-0.3, -0.25) is 14.2 Å². The summed E-state index contributed by atoms with van der Waals surface area (Å²) < 4.78 is 14.0. The Morgan fingerprint density at radius 3 is 2.42 bits per heavy atom. The minimum absolute atomic E-state index is 0.0647. The highest BCUT2D eigenvalue weighted by Crippen LogP contribution is 2.38. The fraction of sp³-hybridized carbons (Fsp3) is 0.138. The highest BCUT2D eigenvalue weighted by Gasteiger charge is 2.34. The van der Waals surface area contributed by atoms with Crippen LogP contribution < -0.4 is 29.7 Å². The fourth-order valence-electron chi connectivity index (χ4n) is 4.49. The standard InChI is InChI=1S/C29H23Br2N3O5S/c1-15-24(27(36)33-17-7-5-4-6-8-17)25(19-10-9-18(38-2)14-22(19)39-3)34-28(37)23(40-29(34)32-15)13-16-11-20(30)26(35)21(31)12-16/h4-14,25,35H,1-3H3,(H,33,36)/b23-13-/t25-/m0/s1. The fourth-order valence-corrected chi connectivity index (χ4v) is 6.76. The molecule has 0 fully saturated rings. The van der Waals surface area contributed by atoms with Gasteiger partial charge in [0.2, 0.25) is 0 Å². The molecule has 2 heterocycles. The molecular formula is C29H23Br2N3O5S. The largest absolute Gasteiger partial charge is 0.506 e. The number of phenolic OH excluding ortho intramolecular Hbond substituents is 1. The molecule has 11 heteroatoms. The predicted molar refractivity (Wildman–Crippen MR) is 162 cm³/mol. The van der Waals surface area contributed by atoms with Crippen molar-refractivity contribution in [2.24, 2.45) is 4.99 Å². The molecule has 0 saturated heterocycles. The third kappa shape index (κ3) is 5.24. The quantitative estimate of drug-likeness (QED) is 0.294. The Balaban J connectivity index is 1.73. The number of thiazole rings is 1. The third-order valence-electron chi connectivity index (χ3n) is 6.37. The molecule has 1 aliphatic heterocycles. The Bertz CT molecular complexity index is 1820. The van der Waals surface area contributed by atoms with Gasteiger partial charge >= 0.3 is 0 Å². The zero-order chi connectivity index (χ0) is 28.6. The molecule has 40 heavy (non-hydrogen) atoms. The van der Waals surface area contributed by atoms with Gasteiger partial charge in [0.05, 0.1) is 39.0 Å². The van der Waals surface area contributed by atoms with Gasteiger partial charge in [-0.2, -0.15) is 0 Å². The van der Waals surface area contributed by atoms with Crippen molar-refractivity contribution in [2.45, 2.75) is 13.0 Å². The number of rotatable bonds is 6. The number of carbonyl (C=O) groups is 1. The molecule has 3 aromatic carbocycles. The van der Waals surface area contributed by atoms with Gasteiger partial charge in [-0.1, -0.05) is 29.5 Å². The van der Waals surface area contributed by atoms with Gasteiger partial charge in [0, 0.05) is 17.3 Å². The summed E-state index contributed by atoms with van der Waals surface area (Å²) in [6.07, 6.45) is 1.73. The molecule has 0 spiro atoms.